The van der Waals surface area contributed by atoms with E-state index in [0.717, 1.165) is 77.2 Å². The molecule has 0 saturated heterocycles. The molecule has 5 heteroatoms. The third-order valence-electron chi connectivity index (χ3n) is 10.6. The zero-order valence-corrected chi connectivity index (χ0v) is 30.2. The maximum Gasteiger partial charge on any atom is 0.167 e. The summed E-state index contributed by atoms with van der Waals surface area (Å²) in [7, 11) is 0. The number of benzene rings is 8. The van der Waals surface area contributed by atoms with Crippen LogP contribution < -0.4 is 0 Å². The monoisotopic (exact) mass is 716 g/mol. The fourth-order valence-corrected chi connectivity index (χ4v) is 7.98. The van der Waals surface area contributed by atoms with Crippen LogP contribution in [-0.4, -0.2) is 19.5 Å². The molecule has 0 unspecified atom stereocenters. The molecule has 262 valence electrons. The summed E-state index contributed by atoms with van der Waals surface area (Å²) in [6.07, 6.45) is 0. The smallest absolute Gasteiger partial charge is 0.167 e. The van der Waals surface area contributed by atoms with Crippen LogP contribution in [0.2, 0.25) is 0 Å². The van der Waals surface area contributed by atoms with E-state index in [4.69, 9.17) is 19.4 Å². The van der Waals surface area contributed by atoms with Crippen LogP contribution >= 0.6 is 0 Å². The van der Waals surface area contributed by atoms with Gasteiger partial charge in [0.1, 0.15) is 11.2 Å². The van der Waals surface area contributed by atoms with Crippen molar-refractivity contribution in [2.75, 3.05) is 0 Å². The van der Waals surface area contributed by atoms with Crippen molar-refractivity contribution in [2.45, 2.75) is 0 Å². The molecular formula is C51H32N4O. The lowest BCUT2D eigenvalue weighted by molar-refractivity contribution is 0.670. The van der Waals surface area contributed by atoms with E-state index in [1.54, 1.807) is 0 Å². The predicted molar refractivity (Wildman–Crippen MR) is 229 cm³/mol. The highest BCUT2D eigenvalue weighted by atomic mass is 16.3. The Labute approximate surface area is 322 Å². The van der Waals surface area contributed by atoms with Crippen molar-refractivity contribution >= 4 is 43.7 Å². The first-order valence-electron chi connectivity index (χ1n) is 18.8. The van der Waals surface area contributed by atoms with E-state index in [-0.39, 0.29) is 0 Å². The predicted octanol–water partition coefficient (Wildman–Crippen LogP) is 13.2. The van der Waals surface area contributed by atoms with Gasteiger partial charge in [-0.2, -0.15) is 0 Å². The Kier molecular flexibility index (Phi) is 7.42. The molecule has 11 rings (SSSR count). The SMILES string of the molecule is c1ccc(-c2cc(-c3ccccc3)cc(-n3c4ccccc4c4cc5oc6c(-c7nc(-c8ccccc8)nc(-c8ccccc8)n7)cccc6c5cc43)c2)cc1. The Morgan fingerprint density at radius 2 is 0.857 bits per heavy atom. The number of furan rings is 1. The van der Waals surface area contributed by atoms with Crippen LogP contribution in [0.3, 0.4) is 0 Å². The normalized spacial score (nSPS) is 11.6. The van der Waals surface area contributed by atoms with Crippen molar-refractivity contribution in [3.63, 3.8) is 0 Å². The molecule has 3 heterocycles. The molecule has 0 radical (unpaired) electrons. The van der Waals surface area contributed by atoms with Crippen molar-refractivity contribution in [1.82, 2.24) is 19.5 Å². The summed E-state index contributed by atoms with van der Waals surface area (Å²) in [5.74, 6) is 1.79. The number of nitrogens with zero attached hydrogens (tertiary/aromatic N) is 4. The first kappa shape index (κ1) is 31.9. The van der Waals surface area contributed by atoms with E-state index in [1.165, 1.54) is 11.1 Å². The Morgan fingerprint density at radius 3 is 1.46 bits per heavy atom. The lowest BCUT2D eigenvalue weighted by Gasteiger charge is -2.14. The quantitative estimate of drug-likeness (QED) is 0.172. The van der Waals surface area contributed by atoms with Crippen molar-refractivity contribution in [3.8, 4) is 62.1 Å². The van der Waals surface area contributed by atoms with E-state index in [2.05, 4.69) is 132 Å². The number of fused-ring (bicyclic) bond motifs is 6. The topological polar surface area (TPSA) is 56.7 Å². The fraction of sp³-hybridized carbons (Fsp3) is 0. The second-order valence-corrected chi connectivity index (χ2v) is 14.0. The van der Waals surface area contributed by atoms with Gasteiger partial charge in [0.25, 0.3) is 0 Å². The number of rotatable bonds is 6. The van der Waals surface area contributed by atoms with Gasteiger partial charge in [0.2, 0.25) is 0 Å². The van der Waals surface area contributed by atoms with E-state index >= 15 is 0 Å². The molecule has 0 N–H and O–H groups in total. The van der Waals surface area contributed by atoms with Crippen LogP contribution in [-0.2, 0) is 0 Å². The summed E-state index contributed by atoms with van der Waals surface area (Å²) in [5, 5.41) is 4.32. The second kappa shape index (κ2) is 13.0. The zero-order valence-electron chi connectivity index (χ0n) is 30.2. The molecule has 0 bridgehead atoms. The molecule has 0 aliphatic heterocycles. The standard InChI is InChI=1S/C51H32N4O/c1-5-16-33(17-6-1)37-28-38(34-18-7-2-8-19-34)30-39(29-37)55-45-27-14-13-24-40(45)43-32-47-44(31-46(43)55)41-25-15-26-42(48(41)56-47)51-53-49(35-20-9-3-10-21-35)52-50(54-51)36-22-11-4-12-23-36/h1-32H. The van der Waals surface area contributed by atoms with Crippen molar-refractivity contribution in [1.29, 1.82) is 0 Å². The van der Waals surface area contributed by atoms with Crippen LogP contribution in [0.15, 0.2) is 199 Å². The largest absolute Gasteiger partial charge is 0.455 e. The highest BCUT2D eigenvalue weighted by molar-refractivity contribution is 6.18. The van der Waals surface area contributed by atoms with Crippen LogP contribution in [0.4, 0.5) is 0 Å². The van der Waals surface area contributed by atoms with Gasteiger partial charge in [-0.25, -0.2) is 15.0 Å². The minimum atomic E-state index is 0.563. The van der Waals surface area contributed by atoms with E-state index in [1.807, 2.05) is 66.7 Å². The molecular weight excluding hydrogens is 685 g/mol. The van der Waals surface area contributed by atoms with Crippen LogP contribution in [0.25, 0.3) is 106 Å². The molecule has 0 aliphatic carbocycles. The van der Waals surface area contributed by atoms with Gasteiger partial charge in [-0.15, -0.1) is 0 Å². The average molecular weight is 717 g/mol. The Balaban J connectivity index is 1.15. The van der Waals surface area contributed by atoms with Gasteiger partial charge >= 0.3 is 0 Å². The molecule has 0 saturated carbocycles. The van der Waals surface area contributed by atoms with Gasteiger partial charge in [0.15, 0.2) is 17.5 Å². The third-order valence-corrected chi connectivity index (χ3v) is 10.6. The molecule has 0 spiro atoms. The van der Waals surface area contributed by atoms with Gasteiger partial charge in [-0.1, -0.05) is 152 Å². The van der Waals surface area contributed by atoms with Gasteiger partial charge in [0, 0.05) is 38.4 Å². The van der Waals surface area contributed by atoms with Gasteiger partial charge < -0.3 is 8.98 Å². The molecule has 8 aromatic carbocycles. The fourth-order valence-electron chi connectivity index (χ4n) is 7.98. The highest BCUT2D eigenvalue weighted by Gasteiger charge is 2.21. The first-order chi connectivity index (χ1) is 27.7. The van der Waals surface area contributed by atoms with Crippen LogP contribution in [0.5, 0.6) is 0 Å². The van der Waals surface area contributed by atoms with Crippen molar-refractivity contribution in [2.24, 2.45) is 0 Å². The van der Waals surface area contributed by atoms with Gasteiger partial charge in [-0.05, 0) is 64.7 Å². The Bertz CT molecular complexity index is 3110. The van der Waals surface area contributed by atoms with E-state index < -0.39 is 0 Å². The average Bonchev–Trinajstić information content (AvgIpc) is 3.81. The second-order valence-electron chi connectivity index (χ2n) is 14.0. The lowest BCUT2D eigenvalue weighted by Crippen LogP contribution is -2.00. The minimum absolute atomic E-state index is 0.563. The summed E-state index contributed by atoms with van der Waals surface area (Å²) in [6.45, 7) is 0. The van der Waals surface area contributed by atoms with Gasteiger partial charge in [0.05, 0.1) is 16.6 Å². The summed E-state index contributed by atoms with van der Waals surface area (Å²) in [6, 6.07) is 67.6. The molecule has 5 nitrogen and oxygen atoms in total. The number of aromatic nitrogens is 4. The third kappa shape index (κ3) is 5.37. The van der Waals surface area contributed by atoms with Crippen molar-refractivity contribution < 1.29 is 4.42 Å². The Hall–Kier alpha value is -7.63. The molecule has 0 atom stereocenters. The maximum absolute atomic E-state index is 6.85. The molecule has 0 fully saturated rings. The summed E-state index contributed by atoms with van der Waals surface area (Å²) in [5.41, 5.74) is 12.2. The maximum atomic E-state index is 6.85. The molecule has 11 aromatic rings. The van der Waals surface area contributed by atoms with E-state index in [9.17, 15) is 0 Å². The van der Waals surface area contributed by atoms with E-state index in [0.29, 0.717) is 17.5 Å². The summed E-state index contributed by atoms with van der Waals surface area (Å²) < 4.78 is 9.24. The number of para-hydroxylation sites is 2. The number of hydrogen-bond acceptors (Lipinski definition) is 4. The molecule has 56 heavy (non-hydrogen) atoms. The lowest BCUT2D eigenvalue weighted by atomic mass is 9.98. The zero-order chi connectivity index (χ0) is 37.0. The van der Waals surface area contributed by atoms with Crippen LogP contribution in [0, 0.1) is 0 Å². The van der Waals surface area contributed by atoms with Crippen LogP contribution in [0.1, 0.15) is 0 Å². The molecule has 0 amide bonds. The first-order valence-corrected chi connectivity index (χ1v) is 18.8. The minimum Gasteiger partial charge on any atom is -0.455 e. The summed E-state index contributed by atoms with van der Waals surface area (Å²) in [4.78, 5) is 15.0. The molecule has 3 aromatic heterocycles. The Morgan fingerprint density at radius 1 is 0.339 bits per heavy atom. The molecule has 0 aliphatic rings. The highest BCUT2D eigenvalue weighted by Crippen LogP contribution is 2.42. The summed E-state index contributed by atoms with van der Waals surface area (Å²) >= 11 is 0. The van der Waals surface area contributed by atoms with Crippen molar-refractivity contribution in [3.05, 3.63) is 194 Å². The number of hydrogen-bond donors (Lipinski definition) is 0. The van der Waals surface area contributed by atoms with Gasteiger partial charge in [-0.3, -0.25) is 0 Å².